The summed E-state index contributed by atoms with van der Waals surface area (Å²) in [4.78, 5) is 28.1. The Labute approximate surface area is 191 Å². The van der Waals surface area contributed by atoms with Crippen LogP contribution in [0.1, 0.15) is 29.3 Å². The fourth-order valence-electron chi connectivity index (χ4n) is 4.07. The molecular weight excluding hydrogens is 418 g/mol. The van der Waals surface area contributed by atoms with Gasteiger partial charge in [0.1, 0.15) is 5.75 Å². The van der Waals surface area contributed by atoms with Crippen molar-refractivity contribution in [2.24, 2.45) is 4.99 Å². The summed E-state index contributed by atoms with van der Waals surface area (Å²) >= 11 is 0. The molecule has 33 heavy (non-hydrogen) atoms. The van der Waals surface area contributed by atoms with Crippen LogP contribution >= 0.6 is 0 Å². The first-order valence-corrected chi connectivity index (χ1v) is 10.8. The van der Waals surface area contributed by atoms with E-state index in [1.807, 2.05) is 49.5 Å². The lowest BCUT2D eigenvalue weighted by molar-refractivity contribution is 0.0843. The van der Waals surface area contributed by atoms with E-state index in [1.165, 1.54) is 6.07 Å². The maximum absolute atomic E-state index is 13.2. The second kappa shape index (κ2) is 8.38. The summed E-state index contributed by atoms with van der Waals surface area (Å²) in [5, 5.41) is 13.9. The predicted molar refractivity (Wildman–Crippen MR) is 126 cm³/mol. The van der Waals surface area contributed by atoms with Crippen molar-refractivity contribution in [3.05, 3.63) is 77.3 Å². The van der Waals surface area contributed by atoms with Crippen molar-refractivity contribution in [3.8, 4) is 11.6 Å². The minimum Gasteiger partial charge on any atom is -0.493 e. The van der Waals surface area contributed by atoms with Crippen LogP contribution in [0.2, 0.25) is 0 Å². The molecule has 1 aromatic carbocycles. The third kappa shape index (κ3) is 3.80. The fraction of sp³-hybridized carbons (Fsp3) is 0.200. The normalized spacial score (nSPS) is 15.0. The highest BCUT2D eigenvalue weighted by Crippen LogP contribution is 2.30. The molecule has 1 amide bonds. The molecule has 4 heterocycles. The van der Waals surface area contributed by atoms with Crippen LogP contribution in [0.5, 0.6) is 11.6 Å². The van der Waals surface area contributed by atoms with Gasteiger partial charge in [0.2, 0.25) is 5.88 Å². The van der Waals surface area contributed by atoms with Gasteiger partial charge in [0.05, 0.1) is 23.4 Å². The number of rotatable bonds is 5. The summed E-state index contributed by atoms with van der Waals surface area (Å²) in [5.41, 5.74) is 3.79. The minimum absolute atomic E-state index is 0.0894. The van der Waals surface area contributed by atoms with Crippen LogP contribution in [0.4, 0.5) is 5.82 Å². The molecule has 2 aromatic heterocycles. The highest BCUT2D eigenvalue weighted by molar-refractivity contribution is 6.11. The molecule has 0 radical (unpaired) electrons. The summed E-state index contributed by atoms with van der Waals surface area (Å²) in [6.07, 6.45) is 6.83. The van der Waals surface area contributed by atoms with Crippen LogP contribution in [0.15, 0.2) is 71.1 Å². The van der Waals surface area contributed by atoms with Crippen molar-refractivity contribution in [1.29, 1.82) is 0 Å². The monoisotopic (exact) mass is 441 g/mol. The summed E-state index contributed by atoms with van der Waals surface area (Å²) in [6, 6.07) is 10.8. The van der Waals surface area contributed by atoms with E-state index in [9.17, 15) is 9.90 Å². The minimum atomic E-state index is -0.151. The topological polar surface area (TPSA) is 99.9 Å². The van der Waals surface area contributed by atoms with Crippen molar-refractivity contribution in [2.45, 2.75) is 19.8 Å². The van der Waals surface area contributed by atoms with E-state index in [4.69, 9.17) is 4.74 Å². The number of hydrogen-bond acceptors (Lipinski definition) is 7. The molecule has 0 saturated carbocycles. The first-order chi connectivity index (χ1) is 16.0. The molecule has 0 atom stereocenters. The second-order valence-corrected chi connectivity index (χ2v) is 7.84. The Kier molecular flexibility index (Phi) is 5.26. The number of nitrogens with one attached hydrogen (secondary N) is 1. The van der Waals surface area contributed by atoms with Gasteiger partial charge >= 0.3 is 0 Å². The lowest BCUT2D eigenvalue weighted by Gasteiger charge is -2.24. The molecule has 0 fully saturated rings. The van der Waals surface area contributed by atoms with Gasteiger partial charge in [-0.25, -0.2) is 15.0 Å². The molecule has 0 bridgehead atoms. The average Bonchev–Trinajstić information content (AvgIpc) is 2.93. The number of ether oxygens (including phenoxy) is 1. The number of allylic oxidation sites excluding steroid dienone is 2. The number of carbonyl (C=O) groups excluding carboxylic acids is 1. The lowest BCUT2D eigenvalue weighted by Crippen LogP contribution is -2.35. The van der Waals surface area contributed by atoms with Crippen LogP contribution < -0.4 is 10.1 Å². The van der Waals surface area contributed by atoms with Crippen molar-refractivity contribution >= 4 is 28.5 Å². The van der Waals surface area contributed by atoms with Gasteiger partial charge in [-0.3, -0.25) is 4.79 Å². The molecule has 2 aliphatic heterocycles. The van der Waals surface area contributed by atoms with Crippen molar-refractivity contribution < 1.29 is 14.6 Å². The third-order valence-electron chi connectivity index (χ3n) is 5.74. The molecule has 8 heteroatoms. The number of dihydropyridines is 1. The second-order valence-electron chi connectivity index (χ2n) is 7.84. The Morgan fingerprint density at radius 1 is 1.21 bits per heavy atom. The molecule has 0 spiro atoms. The Hall–Kier alpha value is -4.20. The van der Waals surface area contributed by atoms with Gasteiger partial charge in [-0.05, 0) is 41.8 Å². The van der Waals surface area contributed by atoms with Crippen molar-refractivity contribution in [3.63, 3.8) is 0 Å². The maximum Gasteiger partial charge on any atom is 0.261 e. The van der Waals surface area contributed by atoms with Gasteiger partial charge in [0, 0.05) is 37.3 Å². The molecule has 0 saturated heterocycles. The standard InChI is InChI=1S/C25H23N5O3/c1-3-16-8-10-26-24-22(16)30(2)25(32)18-12-15(14-27-23(18)29-24)9-11-33-20-13-21(31)28-19-7-5-4-6-17(19)20/h4-8,10,12-14H,3,9,11H2,1-2H3,(H,28,31)(H,26,27,29). The third-order valence-corrected chi connectivity index (χ3v) is 5.74. The van der Waals surface area contributed by atoms with Crippen molar-refractivity contribution in [2.75, 3.05) is 13.7 Å². The number of amides is 1. The highest BCUT2D eigenvalue weighted by Gasteiger charge is 2.29. The van der Waals surface area contributed by atoms with Crippen LogP contribution in [0.25, 0.3) is 10.9 Å². The van der Waals surface area contributed by atoms with Crippen LogP contribution in [-0.2, 0) is 6.42 Å². The lowest BCUT2D eigenvalue weighted by atomic mass is 10.1. The molecular formula is C25H23N5O3. The fourth-order valence-corrected chi connectivity index (χ4v) is 4.07. The molecule has 2 aliphatic rings. The highest BCUT2D eigenvalue weighted by atomic mass is 16.5. The predicted octanol–water partition coefficient (Wildman–Crippen LogP) is 3.85. The van der Waals surface area contributed by atoms with E-state index >= 15 is 0 Å². The van der Waals surface area contributed by atoms with Gasteiger partial charge in [-0.1, -0.05) is 19.1 Å². The number of aromatic hydroxyl groups is 1. The number of benzene rings is 1. The number of aliphatic imine (C=N–C) groups is 1. The summed E-state index contributed by atoms with van der Waals surface area (Å²) < 4.78 is 5.95. The zero-order valence-corrected chi connectivity index (χ0v) is 18.4. The zero-order chi connectivity index (χ0) is 22.9. The summed E-state index contributed by atoms with van der Waals surface area (Å²) in [7, 11) is 1.76. The van der Waals surface area contributed by atoms with E-state index in [0.717, 1.165) is 28.6 Å². The molecule has 166 valence electrons. The van der Waals surface area contributed by atoms with E-state index in [1.54, 1.807) is 18.1 Å². The number of carbonyl (C=O) groups is 1. The number of amidine groups is 1. The van der Waals surface area contributed by atoms with Crippen LogP contribution in [-0.4, -0.2) is 45.4 Å². The molecule has 0 unspecified atom stereocenters. The molecule has 8 nitrogen and oxygen atoms in total. The Morgan fingerprint density at radius 3 is 2.91 bits per heavy atom. The first kappa shape index (κ1) is 20.7. The van der Waals surface area contributed by atoms with Gasteiger partial charge in [-0.2, -0.15) is 0 Å². The number of likely N-dealkylation sites (N-methyl/N-ethyl adjacent to an activating group) is 1. The van der Waals surface area contributed by atoms with Gasteiger partial charge < -0.3 is 20.1 Å². The Bertz CT molecular complexity index is 1360. The number of para-hydroxylation sites is 1. The van der Waals surface area contributed by atoms with Crippen molar-refractivity contribution in [1.82, 2.24) is 20.2 Å². The van der Waals surface area contributed by atoms with E-state index in [2.05, 4.69) is 20.3 Å². The molecule has 3 aromatic rings. The first-order valence-electron chi connectivity index (χ1n) is 10.8. The SMILES string of the molecule is CCC1=C2C(=Nc3ncc(CCOc4cc(O)nc5ccccc45)cc3C(=O)N2C)NC=C1. The Balaban J connectivity index is 1.39. The Morgan fingerprint density at radius 2 is 2.06 bits per heavy atom. The van der Waals surface area contributed by atoms with Gasteiger partial charge in [-0.15, -0.1) is 0 Å². The smallest absolute Gasteiger partial charge is 0.261 e. The molecule has 2 N–H and O–H groups in total. The maximum atomic E-state index is 13.2. The summed E-state index contributed by atoms with van der Waals surface area (Å²) in [5.74, 6) is 1.34. The van der Waals surface area contributed by atoms with Gasteiger partial charge in [0.15, 0.2) is 11.7 Å². The number of hydrogen-bond donors (Lipinski definition) is 2. The average molecular weight is 441 g/mol. The molecule has 5 rings (SSSR count). The number of pyridine rings is 2. The van der Waals surface area contributed by atoms with E-state index in [-0.39, 0.29) is 11.8 Å². The van der Waals surface area contributed by atoms with E-state index < -0.39 is 0 Å². The van der Waals surface area contributed by atoms with Crippen LogP contribution in [0.3, 0.4) is 0 Å². The number of aromatic nitrogens is 2. The largest absolute Gasteiger partial charge is 0.493 e. The zero-order valence-electron chi connectivity index (χ0n) is 18.4. The summed E-state index contributed by atoms with van der Waals surface area (Å²) in [6.45, 7) is 2.40. The van der Waals surface area contributed by atoms with Gasteiger partial charge in [0.25, 0.3) is 5.91 Å². The quantitative estimate of drug-likeness (QED) is 0.624. The number of fused-ring (bicyclic) bond motifs is 3. The van der Waals surface area contributed by atoms with E-state index in [0.29, 0.717) is 41.5 Å². The molecule has 0 aliphatic carbocycles. The van der Waals surface area contributed by atoms with Crippen LogP contribution in [0, 0.1) is 0 Å². The number of nitrogens with zero attached hydrogens (tertiary/aromatic N) is 4.